The van der Waals surface area contributed by atoms with E-state index in [9.17, 15) is 9.59 Å². The van der Waals surface area contributed by atoms with Gasteiger partial charge in [0.1, 0.15) is 6.10 Å². The zero-order valence-electron chi connectivity index (χ0n) is 14.5. The molecule has 0 N–H and O–H groups in total. The lowest BCUT2D eigenvalue weighted by atomic mass is 9.98. The Bertz CT molecular complexity index is 848. The number of thiophene rings is 1. The molecule has 0 saturated heterocycles. The molecule has 4 rings (SSSR count). The molecule has 3 atom stereocenters. The third-order valence-electron chi connectivity index (χ3n) is 4.76. The van der Waals surface area contributed by atoms with Gasteiger partial charge in [0.25, 0.3) is 5.91 Å². The highest BCUT2D eigenvalue weighted by Crippen LogP contribution is 2.37. The highest BCUT2D eigenvalue weighted by Gasteiger charge is 2.43. The molecule has 1 aromatic heterocycles. The van der Waals surface area contributed by atoms with Crippen molar-refractivity contribution in [2.75, 3.05) is 13.7 Å². The molecule has 136 valence electrons. The van der Waals surface area contributed by atoms with Crippen molar-refractivity contribution in [2.24, 2.45) is 0 Å². The molecule has 0 saturated carbocycles. The first-order valence-corrected chi connectivity index (χ1v) is 9.35. The van der Waals surface area contributed by atoms with Gasteiger partial charge < -0.3 is 19.1 Å². The van der Waals surface area contributed by atoms with E-state index in [1.807, 2.05) is 29.6 Å². The number of carbonyl (C=O) groups excluding carboxylic acids is 2. The van der Waals surface area contributed by atoms with Crippen LogP contribution in [0.4, 0.5) is 0 Å². The van der Waals surface area contributed by atoms with Crippen molar-refractivity contribution in [3.05, 3.63) is 46.2 Å². The number of hydrogen-bond donors (Lipinski definition) is 0. The molecule has 0 unspecified atom stereocenters. The number of para-hydroxylation sites is 2. The minimum absolute atomic E-state index is 0.265. The number of amides is 1. The number of carbonyl (C=O) groups is 2. The van der Waals surface area contributed by atoms with Gasteiger partial charge in [-0.05, 0) is 42.5 Å². The maximum atomic E-state index is 13.3. The molecule has 1 aromatic carbocycles. The smallest absolute Gasteiger partial charge is 0.333 e. The molecule has 0 spiro atoms. The summed E-state index contributed by atoms with van der Waals surface area (Å²) in [4.78, 5) is 28.3. The van der Waals surface area contributed by atoms with Crippen molar-refractivity contribution in [3.63, 3.8) is 0 Å². The standard InChI is InChI=1S/C19H19NO5S/c1-11-17(25-14-6-4-3-5-13(14)24-11)18(21)20-9-7-15-12(8-10-26-15)16(20)19(22)23-2/h3-6,8,10-11,16-17H,7,9H2,1-2H3/t11-,16+,17-/m1/s1. The normalized spacial score (nSPS) is 23.9. The van der Waals surface area contributed by atoms with Crippen molar-refractivity contribution < 1.29 is 23.8 Å². The Morgan fingerprint density at radius 3 is 2.65 bits per heavy atom. The molecule has 0 fully saturated rings. The molecule has 7 heteroatoms. The second kappa shape index (κ2) is 6.64. The lowest BCUT2D eigenvalue weighted by molar-refractivity contribution is -0.159. The summed E-state index contributed by atoms with van der Waals surface area (Å²) in [5.41, 5.74) is 0.839. The maximum absolute atomic E-state index is 13.3. The van der Waals surface area contributed by atoms with Crippen LogP contribution in [-0.2, 0) is 20.7 Å². The number of nitrogens with zero attached hydrogens (tertiary/aromatic N) is 1. The van der Waals surface area contributed by atoms with E-state index < -0.39 is 24.2 Å². The Balaban J connectivity index is 1.64. The van der Waals surface area contributed by atoms with Gasteiger partial charge in [-0.2, -0.15) is 0 Å². The molecule has 1 amide bonds. The number of esters is 1. The lowest BCUT2D eigenvalue weighted by Gasteiger charge is -2.39. The minimum atomic E-state index is -0.808. The molecule has 2 aliphatic rings. The molecule has 0 bridgehead atoms. The Morgan fingerprint density at radius 2 is 1.92 bits per heavy atom. The van der Waals surface area contributed by atoms with Crippen LogP contribution >= 0.6 is 11.3 Å². The average molecular weight is 373 g/mol. The molecule has 3 heterocycles. The molecule has 26 heavy (non-hydrogen) atoms. The highest BCUT2D eigenvalue weighted by molar-refractivity contribution is 7.10. The Morgan fingerprint density at radius 1 is 1.19 bits per heavy atom. The Kier molecular flexibility index (Phi) is 4.32. The number of benzene rings is 1. The summed E-state index contributed by atoms with van der Waals surface area (Å²) in [6.07, 6.45) is -0.554. The molecular formula is C19H19NO5S. The van der Waals surface area contributed by atoms with Crippen LogP contribution in [0.25, 0.3) is 0 Å². The average Bonchev–Trinajstić information content (AvgIpc) is 3.14. The second-order valence-corrected chi connectivity index (χ2v) is 7.32. The van der Waals surface area contributed by atoms with Gasteiger partial charge in [-0.3, -0.25) is 4.79 Å². The van der Waals surface area contributed by atoms with Crippen LogP contribution in [-0.4, -0.2) is 42.6 Å². The number of methoxy groups -OCH3 is 1. The van der Waals surface area contributed by atoms with Gasteiger partial charge in [0.05, 0.1) is 7.11 Å². The summed E-state index contributed by atoms with van der Waals surface area (Å²) in [6.45, 7) is 2.24. The fourth-order valence-electron chi connectivity index (χ4n) is 3.47. The summed E-state index contributed by atoms with van der Waals surface area (Å²) in [5, 5.41) is 1.94. The molecule has 2 aliphatic heterocycles. The number of fused-ring (bicyclic) bond motifs is 2. The van der Waals surface area contributed by atoms with Crippen LogP contribution in [0.15, 0.2) is 35.7 Å². The summed E-state index contributed by atoms with van der Waals surface area (Å²) in [5.74, 6) is 0.445. The largest absolute Gasteiger partial charge is 0.482 e. The summed E-state index contributed by atoms with van der Waals surface area (Å²) < 4.78 is 16.7. The van der Waals surface area contributed by atoms with Crippen LogP contribution in [0.2, 0.25) is 0 Å². The SMILES string of the molecule is COC(=O)[C@@H]1c2ccsc2CCN1C(=O)[C@@H]1Oc2ccccc2O[C@@H]1C. The first kappa shape index (κ1) is 16.9. The van der Waals surface area contributed by atoms with E-state index in [-0.39, 0.29) is 5.91 Å². The van der Waals surface area contributed by atoms with E-state index in [4.69, 9.17) is 14.2 Å². The predicted octanol–water partition coefficient (Wildman–Crippen LogP) is 2.58. The van der Waals surface area contributed by atoms with Crippen molar-refractivity contribution in [3.8, 4) is 11.5 Å². The van der Waals surface area contributed by atoms with Gasteiger partial charge in [-0.15, -0.1) is 11.3 Å². The minimum Gasteiger partial charge on any atom is -0.482 e. The van der Waals surface area contributed by atoms with E-state index in [2.05, 4.69) is 0 Å². The molecular weight excluding hydrogens is 354 g/mol. The van der Waals surface area contributed by atoms with Crippen molar-refractivity contribution in [1.29, 1.82) is 0 Å². The fraction of sp³-hybridized carbons (Fsp3) is 0.368. The summed E-state index contributed by atoms with van der Waals surface area (Å²) in [6, 6.07) is 8.41. The third-order valence-corrected chi connectivity index (χ3v) is 5.76. The zero-order chi connectivity index (χ0) is 18.3. The Labute approximate surface area is 155 Å². The van der Waals surface area contributed by atoms with Gasteiger partial charge in [-0.25, -0.2) is 4.79 Å². The predicted molar refractivity (Wildman–Crippen MR) is 95.4 cm³/mol. The maximum Gasteiger partial charge on any atom is 0.333 e. The third kappa shape index (κ3) is 2.72. The van der Waals surface area contributed by atoms with Gasteiger partial charge in [0.2, 0.25) is 6.10 Å². The monoisotopic (exact) mass is 373 g/mol. The van der Waals surface area contributed by atoms with E-state index in [1.165, 1.54) is 7.11 Å². The topological polar surface area (TPSA) is 65.1 Å². The van der Waals surface area contributed by atoms with Crippen LogP contribution < -0.4 is 9.47 Å². The van der Waals surface area contributed by atoms with E-state index in [1.54, 1.807) is 29.2 Å². The number of rotatable bonds is 2. The number of ether oxygens (including phenoxy) is 3. The van der Waals surface area contributed by atoms with Crippen LogP contribution in [0.3, 0.4) is 0 Å². The second-order valence-electron chi connectivity index (χ2n) is 6.31. The van der Waals surface area contributed by atoms with E-state index in [0.717, 1.165) is 10.4 Å². The van der Waals surface area contributed by atoms with Crippen molar-refractivity contribution in [1.82, 2.24) is 4.90 Å². The summed E-state index contributed by atoms with van der Waals surface area (Å²) in [7, 11) is 1.34. The van der Waals surface area contributed by atoms with Crippen molar-refractivity contribution in [2.45, 2.75) is 31.6 Å². The molecule has 0 aliphatic carbocycles. The van der Waals surface area contributed by atoms with Gasteiger partial charge >= 0.3 is 5.97 Å². The van der Waals surface area contributed by atoms with Gasteiger partial charge in [0.15, 0.2) is 17.5 Å². The summed E-state index contributed by atoms with van der Waals surface area (Å²) >= 11 is 1.60. The van der Waals surface area contributed by atoms with Gasteiger partial charge in [-0.1, -0.05) is 12.1 Å². The van der Waals surface area contributed by atoms with Crippen LogP contribution in [0, 0.1) is 0 Å². The van der Waals surface area contributed by atoms with Crippen LogP contribution in [0.5, 0.6) is 11.5 Å². The first-order valence-electron chi connectivity index (χ1n) is 8.47. The number of hydrogen-bond acceptors (Lipinski definition) is 6. The highest BCUT2D eigenvalue weighted by atomic mass is 32.1. The first-order chi connectivity index (χ1) is 12.6. The molecule has 2 aromatic rings. The van der Waals surface area contributed by atoms with Crippen molar-refractivity contribution >= 4 is 23.2 Å². The Hall–Kier alpha value is -2.54. The fourth-order valence-corrected chi connectivity index (χ4v) is 4.38. The molecule has 6 nitrogen and oxygen atoms in total. The zero-order valence-corrected chi connectivity index (χ0v) is 15.3. The van der Waals surface area contributed by atoms with E-state index >= 15 is 0 Å². The van der Waals surface area contributed by atoms with Crippen LogP contribution in [0.1, 0.15) is 23.4 Å². The lowest BCUT2D eigenvalue weighted by Crippen LogP contribution is -2.54. The van der Waals surface area contributed by atoms with Gasteiger partial charge in [0, 0.05) is 11.4 Å². The quantitative estimate of drug-likeness (QED) is 0.757. The molecule has 0 radical (unpaired) electrons. The van der Waals surface area contributed by atoms with E-state index in [0.29, 0.717) is 24.5 Å².